The SMILES string of the molecule is C=C1[C@H]2C[C@H](OC(C)=O)[C@@]3(C)CC[C@@H]([C@H](C)[C@@H](OC(C)=O)C/C=C(\C)[C@H](OC(C)=O)C2)[C@@H]13. The Kier molecular flexibility index (Phi) is 7.21. The summed E-state index contributed by atoms with van der Waals surface area (Å²) < 4.78 is 17.4. The maximum Gasteiger partial charge on any atom is 0.303 e. The lowest BCUT2D eigenvalue weighted by atomic mass is 9.58. The van der Waals surface area contributed by atoms with E-state index in [-0.39, 0.29) is 65.3 Å². The third kappa shape index (κ3) is 4.79. The number of allylic oxidation sites excluding steroid dienone is 1. The zero-order chi connectivity index (χ0) is 23.8. The van der Waals surface area contributed by atoms with Gasteiger partial charge in [0.2, 0.25) is 0 Å². The van der Waals surface area contributed by atoms with Gasteiger partial charge in [-0.15, -0.1) is 0 Å². The maximum atomic E-state index is 12.0. The molecule has 0 aromatic rings. The number of hydrogen-bond acceptors (Lipinski definition) is 6. The smallest absolute Gasteiger partial charge is 0.303 e. The van der Waals surface area contributed by atoms with Crippen molar-refractivity contribution in [1.29, 1.82) is 0 Å². The molecule has 0 N–H and O–H groups in total. The molecule has 0 heterocycles. The van der Waals surface area contributed by atoms with Gasteiger partial charge in [-0.3, -0.25) is 14.4 Å². The summed E-state index contributed by atoms with van der Waals surface area (Å²) in [5, 5.41) is 0. The molecule has 0 aromatic heterocycles. The molecule has 2 bridgehead atoms. The van der Waals surface area contributed by atoms with Gasteiger partial charge in [-0.05, 0) is 61.9 Å². The van der Waals surface area contributed by atoms with Gasteiger partial charge in [0.15, 0.2) is 0 Å². The molecule has 0 unspecified atom stereocenters. The molecular weight excluding hydrogens is 408 g/mol. The van der Waals surface area contributed by atoms with Crippen LogP contribution in [0.3, 0.4) is 0 Å². The Hall–Kier alpha value is -2.11. The first-order valence-electron chi connectivity index (χ1n) is 11.8. The first-order chi connectivity index (χ1) is 14.9. The second-order valence-electron chi connectivity index (χ2n) is 10.3. The van der Waals surface area contributed by atoms with Crippen molar-refractivity contribution >= 4 is 17.9 Å². The van der Waals surface area contributed by atoms with E-state index in [1.54, 1.807) is 0 Å². The fraction of sp³-hybridized carbons (Fsp3) is 0.731. The number of carbonyl (C=O) groups is 3. The van der Waals surface area contributed by atoms with Gasteiger partial charge in [-0.25, -0.2) is 0 Å². The molecule has 2 saturated carbocycles. The van der Waals surface area contributed by atoms with Gasteiger partial charge in [0.25, 0.3) is 0 Å². The maximum absolute atomic E-state index is 12.0. The molecule has 32 heavy (non-hydrogen) atoms. The third-order valence-electron chi connectivity index (χ3n) is 8.19. The Morgan fingerprint density at radius 2 is 1.66 bits per heavy atom. The molecule has 0 saturated heterocycles. The number of fused-ring (bicyclic) bond motifs is 1. The minimum atomic E-state index is -0.386. The zero-order valence-corrected chi connectivity index (χ0v) is 20.3. The van der Waals surface area contributed by atoms with Crippen LogP contribution in [0.25, 0.3) is 0 Å². The molecule has 178 valence electrons. The van der Waals surface area contributed by atoms with Crippen molar-refractivity contribution in [2.24, 2.45) is 29.1 Å². The Bertz CT molecular complexity index is 813. The van der Waals surface area contributed by atoms with Crippen molar-refractivity contribution < 1.29 is 28.6 Å². The van der Waals surface area contributed by atoms with E-state index in [9.17, 15) is 14.4 Å². The van der Waals surface area contributed by atoms with E-state index < -0.39 is 0 Å². The van der Waals surface area contributed by atoms with Crippen LogP contribution < -0.4 is 0 Å². The summed E-state index contributed by atoms with van der Waals surface area (Å²) in [6.07, 6.45) is 4.96. The van der Waals surface area contributed by atoms with E-state index >= 15 is 0 Å². The van der Waals surface area contributed by atoms with Gasteiger partial charge < -0.3 is 14.2 Å². The van der Waals surface area contributed by atoms with Gasteiger partial charge in [0.05, 0.1) is 0 Å². The Labute approximate surface area is 191 Å². The summed E-state index contributed by atoms with van der Waals surface area (Å²) in [5.74, 6) is -0.279. The van der Waals surface area contributed by atoms with Crippen molar-refractivity contribution in [3.05, 3.63) is 23.8 Å². The molecule has 0 radical (unpaired) electrons. The molecule has 0 amide bonds. The fourth-order valence-corrected chi connectivity index (χ4v) is 6.56. The largest absolute Gasteiger partial charge is 0.462 e. The van der Waals surface area contributed by atoms with Crippen LogP contribution in [0.5, 0.6) is 0 Å². The Morgan fingerprint density at radius 3 is 2.25 bits per heavy atom. The van der Waals surface area contributed by atoms with Crippen LogP contribution >= 0.6 is 0 Å². The highest BCUT2D eigenvalue weighted by Crippen LogP contribution is 2.61. The minimum Gasteiger partial charge on any atom is -0.462 e. The average molecular weight is 447 g/mol. The van der Waals surface area contributed by atoms with E-state index in [4.69, 9.17) is 14.2 Å². The minimum absolute atomic E-state index is 0.0724. The van der Waals surface area contributed by atoms with E-state index in [0.717, 1.165) is 24.0 Å². The first-order valence-corrected chi connectivity index (χ1v) is 11.8. The summed E-state index contributed by atoms with van der Waals surface area (Å²) in [6, 6.07) is 0. The lowest BCUT2D eigenvalue weighted by molar-refractivity contribution is -0.161. The lowest BCUT2D eigenvalue weighted by Crippen LogP contribution is -2.49. The summed E-state index contributed by atoms with van der Waals surface area (Å²) in [5.41, 5.74) is 1.90. The van der Waals surface area contributed by atoms with Crippen molar-refractivity contribution in [3.63, 3.8) is 0 Å². The lowest BCUT2D eigenvalue weighted by Gasteiger charge is -2.50. The van der Waals surface area contributed by atoms with Gasteiger partial charge in [-0.1, -0.05) is 32.1 Å². The van der Waals surface area contributed by atoms with Crippen molar-refractivity contribution in [2.75, 3.05) is 0 Å². The van der Waals surface area contributed by atoms with E-state index in [1.807, 2.05) is 13.0 Å². The van der Waals surface area contributed by atoms with Gasteiger partial charge in [0, 0.05) is 32.6 Å². The van der Waals surface area contributed by atoms with Crippen molar-refractivity contribution in [2.45, 2.75) is 92.0 Å². The molecule has 6 nitrogen and oxygen atoms in total. The fourth-order valence-electron chi connectivity index (χ4n) is 6.56. The molecular formula is C26H38O6. The number of hydrogen-bond donors (Lipinski definition) is 0. The zero-order valence-electron chi connectivity index (χ0n) is 20.3. The molecule has 0 aliphatic heterocycles. The number of rotatable bonds is 3. The van der Waals surface area contributed by atoms with Crippen LogP contribution in [-0.4, -0.2) is 36.2 Å². The average Bonchev–Trinajstić information content (AvgIpc) is 3.04. The number of carbonyl (C=O) groups excluding carboxylic acids is 3. The summed E-state index contributed by atoms with van der Waals surface area (Å²) in [7, 11) is 0. The van der Waals surface area contributed by atoms with Crippen LogP contribution in [-0.2, 0) is 28.6 Å². The highest BCUT2D eigenvalue weighted by molar-refractivity contribution is 5.67. The van der Waals surface area contributed by atoms with Crippen LogP contribution in [0.1, 0.15) is 73.6 Å². The number of esters is 3. The van der Waals surface area contributed by atoms with Crippen molar-refractivity contribution in [3.8, 4) is 0 Å². The predicted molar refractivity (Wildman–Crippen MR) is 120 cm³/mol. The predicted octanol–water partition coefficient (Wildman–Crippen LogP) is 4.77. The Balaban J connectivity index is 2.08. The van der Waals surface area contributed by atoms with Gasteiger partial charge >= 0.3 is 17.9 Å². The van der Waals surface area contributed by atoms with E-state index in [0.29, 0.717) is 19.3 Å². The van der Waals surface area contributed by atoms with Gasteiger partial charge in [0.1, 0.15) is 18.3 Å². The standard InChI is InChI=1S/C26H38O6/c1-14-8-9-22(30-17(4)27)16(3)21-10-11-26(7)24(32-19(6)29)13-20(15(2)25(21)26)12-23(14)31-18(5)28/h8,16,20-25H,2,9-13H2,1,3-7H3/b14-8+/t16-,20+,21-,22-,23+,24-,25+,26+/m0/s1. The Morgan fingerprint density at radius 1 is 1.03 bits per heavy atom. The number of ether oxygens (including phenoxy) is 3. The molecule has 6 heteroatoms. The monoisotopic (exact) mass is 446 g/mol. The van der Waals surface area contributed by atoms with E-state index in [2.05, 4.69) is 20.4 Å². The quantitative estimate of drug-likeness (QED) is 0.353. The third-order valence-corrected chi connectivity index (χ3v) is 8.19. The van der Waals surface area contributed by atoms with Crippen LogP contribution in [0, 0.1) is 29.1 Å². The summed E-state index contributed by atoms with van der Waals surface area (Å²) in [4.78, 5) is 35.7. The molecule has 0 spiro atoms. The molecule has 3 rings (SSSR count). The molecule has 2 fully saturated rings. The van der Waals surface area contributed by atoms with Crippen LogP contribution in [0.15, 0.2) is 23.8 Å². The van der Waals surface area contributed by atoms with Crippen LogP contribution in [0.2, 0.25) is 0 Å². The highest BCUT2D eigenvalue weighted by Gasteiger charge is 2.58. The van der Waals surface area contributed by atoms with Crippen LogP contribution in [0.4, 0.5) is 0 Å². The normalized spacial score (nSPS) is 41.0. The molecule has 8 atom stereocenters. The van der Waals surface area contributed by atoms with Crippen molar-refractivity contribution in [1.82, 2.24) is 0 Å². The van der Waals surface area contributed by atoms with E-state index in [1.165, 1.54) is 20.8 Å². The highest BCUT2D eigenvalue weighted by atomic mass is 16.6. The topological polar surface area (TPSA) is 78.9 Å². The first kappa shape index (κ1) is 24.5. The summed E-state index contributed by atoms with van der Waals surface area (Å²) in [6.45, 7) is 15.2. The summed E-state index contributed by atoms with van der Waals surface area (Å²) >= 11 is 0. The van der Waals surface area contributed by atoms with Gasteiger partial charge in [-0.2, -0.15) is 0 Å². The molecule has 0 aromatic carbocycles. The molecule has 3 aliphatic carbocycles. The molecule has 3 aliphatic rings. The second kappa shape index (κ2) is 9.40. The second-order valence-corrected chi connectivity index (χ2v) is 10.3.